The number of nitrogens with two attached hydrogens (primary N) is 2. The van der Waals surface area contributed by atoms with Crippen molar-refractivity contribution in [3.8, 4) is 0 Å². The lowest BCUT2D eigenvalue weighted by Gasteiger charge is -2.02. The zero-order valence-electron chi connectivity index (χ0n) is 9.55. The zero-order valence-corrected chi connectivity index (χ0v) is 11.2. The number of nitrogens with zero attached hydrogens (tertiary/aromatic N) is 1. The van der Waals surface area contributed by atoms with E-state index >= 15 is 0 Å². The maximum Gasteiger partial charge on any atom is 0.248 e. The van der Waals surface area contributed by atoms with Gasteiger partial charge in [0.15, 0.2) is 0 Å². The lowest BCUT2D eigenvalue weighted by atomic mass is 10.2. The van der Waals surface area contributed by atoms with E-state index in [-0.39, 0.29) is 0 Å². The number of rotatable bonds is 6. The normalized spacial score (nSPS) is 11.5. The number of primary amides is 1. The minimum Gasteiger partial charge on any atom is -0.387 e. The molecule has 0 spiro atoms. The molecule has 17 heavy (non-hydrogen) atoms. The van der Waals surface area contributed by atoms with E-state index in [2.05, 4.69) is 4.99 Å². The Kier molecular flexibility index (Phi) is 5.93. The van der Waals surface area contributed by atoms with Crippen molar-refractivity contribution in [2.75, 3.05) is 12.8 Å². The fraction of sp³-hybridized carbons (Fsp3) is 0.273. The number of carbonyl (C=O) groups excluding carboxylic acids is 1. The molecule has 0 radical (unpaired) electrons. The van der Waals surface area contributed by atoms with Gasteiger partial charge in [-0.2, -0.15) is 0 Å². The van der Waals surface area contributed by atoms with E-state index in [1.54, 1.807) is 40.8 Å². The van der Waals surface area contributed by atoms with Gasteiger partial charge >= 0.3 is 0 Å². The summed E-state index contributed by atoms with van der Waals surface area (Å²) in [5, 5.41) is 0. The SMILES string of the molecule is CN=C(N)CCSSc1ccc(C(N)=O)cc1. The first-order valence-corrected chi connectivity index (χ1v) is 7.36. The summed E-state index contributed by atoms with van der Waals surface area (Å²) in [6.07, 6.45) is 0.785. The van der Waals surface area contributed by atoms with Crippen LogP contribution >= 0.6 is 21.6 Å². The van der Waals surface area contributed by atoms with E-state index in [0.717, 1.165) is 17.1 Å². The van der Waals surface area contributed by atoms with Gasteiger partial charge in [0.1, 0.15) is 0 Å². The molecule has 6 heteroatoms. The number of hydrogen-bond acceptors (Lipinski definition) is 4. The smallest absolute Gasteiger partial charge is 0.248 e. The standard InChI is InChI=1S/C11H15N3OS2/c1-14-10(12)6-7-16-17-9-4-2-8(3-5-9)11(13)15/h2-5H,6-7H2,1H3,(H2,12,14)(H2,13,15). The second-order valence-electron chi connectivity index (χ2n) is 3.26. The summed E-state index contributed by atoms with van der Waals surface area (Å²) < 4.78 is 0. The fourth-order valence-electron chi connectivity index (χ4n) is 1.04. The highest BCUT2D eigenvalue weighted by molar-refractivity contribution is 8.76. The van der Waals surface area contributed by atoms with E-state index in [4.69, 9.17) is 11.5 Å². The van der Waals surface area contributed by atoms with Crippen LogP contribution in [0.15, 0.2) is 34.2 Å². The van der Waals surface area contributed by atoms with Gasteiger partial charge in [-0.15, -0.1) is 0 Å². The van der Waals surface area contributed by atoms with Crippen LogP contribution in [0.3, 0.4) is 0 Å². The molecule has 0 fully saturated rings. The van der Waals surface area contributed by atoms with Crippen LogP contribution in [0, 0.1) is 0 Å². The van der Waals surface area contributed by atoms with Crippen molar-refractivity contribution in [3.05, 3.63) is 29.8 Å². The molecule has 4 nitrogen and oxygen atoms in total. The summed E-state index contributed by atoms with van der Waals surface area (Å²) in [5.74, 6) is 1.18. The van der Waals surface area contributed by atoms with E-state index < -0.39 is 5.91 Å². The molecule has 0 saturated carbocycles. The number of amides is 1. The van der Waals surface area contributed by atoms with Crippen LogP contribution in [0.4, 0.5) is 0 Å². The largest absolute Gasteiger partial charge is 0.387 e. The van der Waals surface area contributed by atoms with E-state index in [9.17, 15) is 4.79 Å². The van der Waals surface area contributed by atoms with Crippen LogP contribution in [0.25, 0.3) is 0 Å². The summed E-state index contributed by atoms with van der Waals surface area (Å²) in [6, 6.07) is 7.23. The molecule has 0 aliphatic heterocycles. The summed E-state index contributed by atoms with van der Waals surface area (Å²) in [5.41, 5.74) is 11.3. The highest BCUT2D eigenvalue weighted by Crippen LogP contribution is 2.31. The Hall–Kier alpha value is -1.14. The molecule has 0 aliphatic carbocycles. The van der Waals surface area contributed by atoms with Crippen molar-refractivity contribution >= 4 is 33.3 Å². The van der Waals surface area contributed by atoms with Gasteiger partial charge in [0, 0.05) is 29.7 Å². The maximum absolute atomic E-state index is 10.9. The molecule has 0 heterocycles. The highest BCUT2D eigenvalue weighted by Gasteiger charge is 2.00. The number of amidine groups is 1. The van der Waals surface area contributed by atoms with Crippen LogP contribution in [-0.4, -0.2) is 24.5 Å². The minimum atomic E-state index is -0.402. The van der Waals surface area contributed by atoms with Crippen LogP contribution < -0.4 is 11.5 Å². The average Bonchev–Trinajstić information content (AvgIpc) is 2.34. The average molecular weight is 269 g/mol. The van der Waals surface area contributed by atoms with Crippen LogP contribution in [0.2, 0.25) is 0 Å². The van der Waals surface area contributed by atoms with Crippen molar-refractivity contribution in [2.24, 2.45) is 16.5 Å². The molecule has 1 aromatic carbocycles. The number of carbonyl (C=O) groups is 1. The van der Waals surface area contributed by atoms with Gasteiger partial charge in [-0.05, 0) is 24.3 Å². The van der Waals surface area contributed by atoms with E-state index in [1.165, 1.54) is 0 Å². The van der Waals surface area contributed by atoms with Gasteiger partial charge in [0.2, 0.25) is 5.91 Å². The predicted octanol–water partition coefficient (Wildman–Crippen LogP) is 1.90. The van der Waals surface area contributed by atoms with E-state index in [0.29, 0.717) is 11.4 Å². The van der Waals surface area contributed by atoms with Crippen molar-refractivity contribution in [1.29, 1.82) is 0 Å². The van der Waals surface area contributed by atoms with Crippen molar-refractivity contribution in [2.45, 2.75) is 11.3 Å². The molecule has 0 aliphatic rings. The quantitative estimate of drug-likeness (QED) is 0.358. The van der Waals surface area contributed by atoms with Gasteiger partial charge in [0.25, 0.3) is 0 Å². The molecule has 0 aromatic heterocycles. The second-order valence-corrected chi connectivity index (χ2v) is 5.75. The molecule has 1 amide bonds. The Bertz CT molecular complexity index is 404. The summed E-state index contributed by atoms with van der Waals surface area (Å²) in [7, 11) is 5.04. The Morgan fingerprint density at radius 3 is 2.47 bits per heavy atom. The third kappa shape index (κ3) is 5.14. The molecular weight excluding hydrogens is 254 g/mol. The summed E-state index contributed by atoms with van der Waals surface area (Å²) >= 11 is 0. The van der Waals surface area contributed by atoms with Crippen molar-refractivity contribution in [1.82, 2.24) is 0 Å². The first-order valence-electron chi connectivity index (χ1n) is 5.04. The second kappa shape index (κ2) is 7.24. The first kappa shape index (κ1) is 13.9. The molecule has 0 bridgehead atoms. The Balaban J connectivity index is 2.35. The lowest BCUT2D eigenvalue weighted by Crippen LogP contribution is -2.11. The Morgan fingerprint density at radius 1 is 1.29 bits per heavy atom. The molecular formula is C11H15N3OS2. The lowest BCUT2D eigenvalue weighted by molar-refractivity contribution is 0.100. The van der Waals surface area contributed by atoms with Gasteiger partial charge in [0.05, 0.1) is 5.84 Å². The Morgan fingerprint density at radius 2 is 1.94 bits per heavy atom. The van der Waals surface area contributed by atoms with Gasteiger partial charge < -0.3 is 11.5 Å². The topological polar surface area (TPSA) is 81.5 Å². The van der Waals surface area contributed by atoms with Gasteiger partial charge in [-0.1, -0.05) is 21.6 Å². The highest BCUT2D eigenvalue weighted by atomic mass is 33.1. The van der Waals surface area contributed by atoms with E-state index in [1.807, 2.05) is 12.1 Å². The summed E-state index contributed by atoms with van der Waals surface area (Å²) in [6.45, 7) is 0. The third-order valence-electron chi connectivity index (χ3n) is 2.02. The minimum absolute atomic E-state index is 0.402. The number of aliphatic imine (C=N–C) groups is 1. The van der Waals surface area contributed by atoms with Crippen molar-refractivity contribution in [3.63, 3.8) is 0 Å². The van der Waals surface area contributed by atoms with Crippen molar-refractivity contribution < 1.29 is 4.79 Å². The molecule has 0 atom stereocenters. The Labute approximate surface area is 109 Å². The monoisotopic (exact) mass is 269 g/mol. The van der Waals surface area contributed by atoms with Gasteiger partial charge in [-0.3, -0.25) is 9.79 Å². The molecule has 0 unspecified atom stereocenters. The van der Waals surface area contributed by atoms with Crippen LogP contribution in [-0.2, 0) is 0 Å². The predicted molar refractivity (Wildman–Crippen MR) is 75.4 cm³/mol. The number of hydrogen-bond donors (Lipinski definition) is 2. The van der Waals surface area contributed by atoms with Crippen LogP contribution in [0.5, 0.6) is 0 Å². The molecule has 92 valence electrons. The third-order valence-corrected chi connectivity index (χ3v) is 4.41. The zero-order chi connectivity index (χ0) is 12.7. The maximum atomic E-state index is 10.9. The number of benzene rings is 1. The molecule has 0 saturated heterocycles. The summed E-state index contributed by atoms with van der Waals surface area (Å²) in [4.78, 5) is 15.8. The molecule has 1 aromatic rings. The van der Waals surface area contributed by atoms with Crippen LogP contribution in [0.1, 0.15) is 16.8 Å². The van der Waals surface area contributed by atoms with Gasteiger partial charge in [-0.25, -0.2) is 0 Å². The molecule has 1 rings (SSSR count). The first-order chi connectivity index (χ1) is 8.13. The fourth-order valence-corrected chi connectivity index (χ4v) is 3.04. The molecule has 4 N–H and O–H groups in total.